The van der Waals surface area contributed by atoms with E-state index in [9.17, 15) is 17.6 Å². The minimum Gasteiger partial charge on any atom is -0.483 e. The van der Waals surface area contributed by atoms with Crippen LogP contribution >= 0.6 is 0 Å². The molecule has 35 heavy (non-hydrogen) atoms. The lowest BCUT2D eigenvalue weighted by molar-refractivity contribution is -0.00301. The molecule has 0 spiro atoms. The van der Waals surface area contributed by atoms with Gasteiger partial charge in [-0.1, -0.05) is 12.1 Å². The van der Waals surface area contributed by atoms with Gasteiger partial charge < -0.3 is 14.4 Å². The molecule has 0 bridgehead atoms. The lowest BCUT2D eigenvalue weighted by Gasteiger charge is -2.41. The minimum atomic E-state index is -3.93. The summed E-state index contributed by atoms with van der Waals surface area (Å²) in [5.41, 5.74) is 0.576. The normalized spacial score (nSPS) is 18.3. The summed E-state index contributed by atoms with van der Waals surface area (Å²) in [6, 6.07) is 7.56. The highest BCUT2D eigenvalue weighted by atomic mass is 32.2. The Morgan fingerprint density at radius 2 is 1.97 bits per heavy atom. The van der Waals surface area contributed by atoms with Gasteiger partial charge in [-0.3, -0.25) is 4.90 Å². The van der Waals surface area contributed by atoms with Gasteiger partial charge in [-0.25, -0.2) is 27.7 Å². The number of nitrogens with two attached hydrogens (primary N) is 1. The molecule has 0 radical (unpaired) electrons. The van der Waals surface area contributed by atoms with Crippen molar-refractivity contribution in [3.63, 3.8) is 0 Å². The molecule has 9 nitrogen and oxygen atoms in total. The van der Waals surface area contributed by atoms with Gasteiger partial charge in [0.05, 0.1) is 6.20 Å². The summed E-state index contributed by atoms with van der Waals surface area (Å²) < 4.78 is 49.0. The Morgan fingerprint density at radius 1 is 1.26 bits per heavy atom. The predicted molar refractivity (Wildman–Crippen MR) is 129 cm³/mol. The molecule has 1 amide bonds. The molecule has 2 atom stereocenters. The van der Waals surface area contributed by atoms with E-state index in [1.807, 2.05) is 27.7 Å². The summed E-state index contributed by atoms with van der Waals surface area (Å²) in [7, 11) is -3.93. The molecule has 1 fully saturated rings. The third kappa shape index (κ3) is 7.36. The highest BCUT2D eigenvalue weighted by Gasteiger charge is 2.32. The van der Waals surface area contributed by atoms with Crippen LogP contribution in [0.2, 0.25) is 0 Å². The molecule has 0 aliphatic carbocycles. The van der Waals surface area contributed by atoms with E-state index in [0.29, 0.717) is 43.1 Å². The van der Waals surface area contributed by atoms with E-state index in [-0.39, 0.29) is 23.0 Å². The first kappa shape index (κ1) is 26.8. The van der Waals surface area contributed by atoms with Crippen molar-refractivity contribution >= 4 is 16.1 Å². The van der Waals surface area contributed by atoms with Crippen LogP contribution in [0.4, 0.5) is 9.18 Å². The number of primary sulfonamides is 1. The maximum absolute atomic E-state index is 14.4. The van der Waals surface area contributed by atoms with E-state index in [2.05, 4.69) is 9.88 Å². The summed E-state index contributed by atoms with van der Waals surface area (Å²) in [4.78, 5) is 20.3. The van der Waals surface area contributed by atoms with Crippen molar-refractivity contribution in [1.29, 1.82) is 0 Å². The number of benzene rings is 1. The van der Waals surface area contributed by atoms with E-state index in [1.54, 1.807) is 24.0 Å². The zero-order valence-electron chi connectivity index (χ0n) is 20.7. The topological polar surface area (TPSA) is 115 Å². The largest absolute Gasteiger partial charge is 0.483 e. The lowest BCUT2D eigenvalue weighted by atomic mass is 10.0. The fourth-order valence-corrected chi connectivity index (χ4v) is 4.27. The molecular formula is C24H33FN4O5S. The van der Waals surface area contributed by atoms with Crippen LogP contribution in [0.1, 0.15) is 44.9 Å². The number of ether oxygens (including phenoxy) is 2. The van der Waals surface area contributed by atoms with E-state index in [1.165, 1.54) is 24.4 Å². The van der Waals surface area contributed by atoms with Gasteiger partial charge >= 0.3 is 6.09 Å². The first-order valence-corrected chi connectivity index (χ1v) is 12.9. The molecule has 1 unspecified atom stereocenters. The molecule has 11 heteroatoms. The number of hydrogen-bond acceptors (Lipinski definition) is 7. The molecule has 2 aromatic rings. The number of halogens is 1. The number of carbonyl (C=O) groups is 1. The average Bonchev–Trinajstić information content (AvgIpc) is 2.74. The van der Waals surface area contributed by atoms with Gasteiger partial charge in [0.15, 0.2) is 5.03 Å². The summed E-state index contributed by atoms with van der Waals surface area (Å²) in [6.45, 7) is 11.2. The first-order valence-electron chi connectivity index (χ1n) is 11.4. The predicted octanol–water partition coefficient (Wildman–Crippen LogP) is 3.24. The number of rotatable bonds is 6. The Bertz CT molecular complexity index is 1150. The Labute approximate surface area is 206 Å². The van der Waals surface area contributed by atoms with Crippen molar-refractivity contribution in [2.24, 2.45) is 5.14 Å². The third-order valence-electron chi connectivity index (χ3n) is 5.61. The second-order valence-corrected chi connectivity index (χ2v) is 11.3. The van der Waals surface area contributed by atoms with Crippen molar-refractivity contribution < 1.29 is 27.1 Å². The van der Waals surface area contributed by atoms with Crippen LogP contribution in [-0.2, 0) is 14.8 Å². The first-order chi connectivity index (χ1) is 16.2. The Morgan fingerprint density at radius 3 is 2.51 bits per heavy atom. The van der Waals surface area contributed by atoms with Crippen LogP contribution < -0.4 is 9.88 Å². The quantitative estimate of drug-likeness (QED) is 0.637. The summed E-state index contributed by atoms with van der Waals surface area (Å²) in [6.07, 6.45) is 0.368. The standard InChI is InChI=1S/C24H33FN4O5S/c1-16-6-7-18(12-20(16)25)21(33-19-8-9-22(27-13-19)35(26,31)32)15-28-10-11-29(17(2)14-28)23(30)34-24(3,4)5/h6-9,12-13,17,21H,10-11,14-15H2,1-5H3,(H2,26,31,32)/t17-,21?/m1/s1. The summed E-state index contributed by atoms with van der Waals surface area (Å²) in [5, 5.41) is 4.85. The summed E-state index contributed by atoms with van der Waals surface area (Å²) in [5.74, 6) is -0.0225. The van der Waals surface area contributed by atoms with Crippen molar-refractivity contribution in [1.82, 2.24) is 14.8 Å². The van der Waals surface area contributed by atoms with Crippen molar-refractivity contribution in [3.05, 3.63) is 53.5 Å². The number of sulfonamides is 1. The minimum absolute atomic E-state index is 0.0929. The smallest absolute Gasteiger partial charge is 0.410 e. The van der Waals surface area contributed by atoms with Crippen molar-refractivity contribution in [2.75, 3.05) is 26.2 Å². The SMILES string of the molecule is Cc1ccc(C(CN2CCN(C(=O)OC(C)(C)C)[C@H](C)C2)Oc2ccc(S(N)(=O)=O)nc2)cc1F. The average molecular weight is 509 g/mol. The van der Waals surface area contributed by atoms with Gasteiger partial charge in [0.2, 0.25) is 0 Å². The number of carbonyl (C=O) groups excluding carboxylic acids is 1. The maximum atomic E-state index is 14.4. The molecule has 1 aromatic carbocycles. The third-order valence-corrected chi connectivity index (χ3v) is 6.43. The highest BCUT2D eigenvalue weighted by Crippen LogP contribution is 2.26. The fraction of sp³-hybridized carbons (Fsp3) is 0.500. The number of aryl methyl sites for hydroxylation is 1. The maximum Gasteiger partial charge on any atom is 0.410 e. The molecule has 192 valence electrons. The molecule has 1 saturated heterocycles. The molecule has 1 aliphatic heterocycles. The molecule has 1 aliphatic rings. The number of piperazine rings is 1. The van der Waals surface area contributed by atoms with Crippen LogP contribution in [0.15, 0.2) is 41.6 Å². The van der Waals surface area contributed by atoms with Gasteiger partial charge in [-0.05, 0) is 63.9 Å². The van der Waals surface area contributed by atoms with Gasteiger partial charge in [0.1, 0.15) is 23.3 Å². The van der Waals surface area contributed by atoms with Crippen molar-refractivity contribution in [3.8, 4) is 5.75 Å². The monoisotopic (exact) mass is 508 g/mol. The zero-order chi connectivity index (χ0) is 26.0. The number of hydrogen-bond donors (Lipinski definition) is 1. The Balaban J connectivity index is 1.76. The second kappa shape index (κ2) is 10.5. The summed E-state index contributed by atoms with van der Waals surface area (Å²) >= 11 is 0. The van der Waals surface area contributed by atoms with E-state index in [4.69, 9.17) is 14.6 Å². The number of amides is 1. The van der Waals surface area contributed by atoms with Crippen LogP contribution in [0.25, 0.3) is 0 Å². The lowest BCUT2D eigenvalue weighted by Crippen LogP contribution is -2.55. The highest BCUT2D eigenvalue weighted by molar-refractivity contribution is 7.89. The van der Waals surface area contributed by atoms with E-state index < -0.39 is 21.7 Å². The van der Waals surface area contributed by atoms with Crippen LogP contribution in [0, 0.1) is 12.7 Å². The number of aromatic nitrogens is 1. The Hall–Kier alpha value is -2.76. The molecular weight excluding hydrogens is 475 g/mol. The molecule has 2 heterocycles. The Kier molecular flexibility index (Phi) is 8.03. The van der Waals surface area contributed by atoms with Gasteiger partial charge in [0, 0.05) is 32.2 Å². The molecule has 0 saturated carbocycles. The number of nitrogens with zero attached hydrogens (tertiary/aromatic N) is 3. The second-order valence-electron chi connectivity index (χ2n) is 9.77. The molecule has 2 N–H and O–H groups in total. The van der Waals surface area contributed by atoms with Crippen LogP contribution in [0.3, 0.4) is 0 Å². The van der Waals surface area contributed by atoms with Crippen LogP contribution in [-0.4, -0.2) is 67.1 Å². The zero-order valence-corrected chi connectivity index (χ0v) is 21.5. The molecule has 1 aromatic heterocycles. The van der Waals surface area contributed by atoms with Gasteiger partial charge in [0.25, 0.3) is 10.0 Å². The molecule has 3 rings (SSSR count). The van der Waals surface area contributed by atoms with E-state index >= 15 is 0 Å². The fourth-order valence-electron chi connectivity index (χ4n) is 3.81. The van der Waals surface area contributed by atoms with Gasteiger partial charge in [-0.15, -0.1) is 0 Å². The van der Waals surface area contributed by atoms with Crippen LogP contribution in [0.5, 0.6) is 5.75 Å². The van der Waals surface area contributed by atoms with Gasteiger partial charge in [-0.2, -0.15) is 0 Å². The van der Waals surface area contributed by atoms with E-state index in [0.717, 1.165) is 0 Å². The number of pyridine rings is 1. The van der Waals surface area contributed by atoms with Crippen molar-refractivity contribution in [2.45, 2.75) is 57.4 Å².